The summed E-state index contributed by atoms with van der Waals surface area (Å²) in [4.78, 5) is 11.0. The van der Waals surface area contributed by atoms with Gasteiger partial charge in [0.2, 0.25) is 5.89 Å². The van der Waals surface area contributed by atoms with Crippen LogP contribution in [0.4, 0.5) is 5.69 Å². The Hall–Kier alpha value is -1.57. The van der Waals surface area contributed by atoms with Gasteiger partial charge in [-0.1, -0.05) is 39.0 Å². The summed E-state index contributed by atoms with van der Waals surface area (Å²) in [5.41, 5.74) is 2.56. The van der Waals surface area contributed by atoms with Crippen LogP contribution in [0.1, 0.15) is 38.0 Å². The Morgan fingerprint density at radius 1 is 1.33 bits per heavy atom. The molecule has 2 heterocycles. The first-order valence-corrected chi connectivity index (χ1v) is 8.00. The fraction of sp³-hybridized carbons (Fsp3) is 0.444. The van der Waals surface area contributed by atoms with Crippen molar-refractivity contribution in [3.05, 3.63) is 47.7 Å². The Morgan fingerprint density at radius 2 is 2.08 bits per heavy atom. The fourth-order valence-electron chi connectivity index (χ4n) is 2.75. The summed E-state index contributed by atoms with van der Waals surface area (Å²) in [5.74, 6) is 2.44. The molecule has 0 bridgehead atoms. The van der Waals surface area contributed by atoms with E-state index in [9.17, 15) is 0 Å². The second kappa shape index (κ2) is 7.55. The van der Waals surface area contributed by atoms with E-state index < -0.39 is 0 Å². The summed E-state index contributed by atoms with van der Waals surface area (Å²) in [6, 6.07) is 8.46. The van der Waals surface area contributed by atoms with Crippen molar-refractivity contribution in [2.45, 2.75) is 39.2 Å². The Balaban J connectivity index is 0.00000208. The highest BCUT2D eigenvalue weighted by atomic mass is 127. The summed E-state index contributed by atoms with van der Waals surface area (Å²) in [6.45, 7) is 7.82. The number of nitrogens with zero attached hydrogens (tertiary/aromatic N) is 3. The Kier molecular flexibility index (Phi) is 5.90. The second-order valence-electron chi connectivity index (χ2n) is 6.80. The summed E-state index contributed by atoms with van der Waals surface area (Å²) in [6.07, 6.45) is 2.86. The molecule has 1 aliphatic rings. The lowest BCUT2D eigenvalue weighted by Crippen LogP contribution is -2.40. The van der Waals surface area contributed by atoms with E-state index in [2.05, 4.69) is 65.2 Å². The molecule has 1 aromatic carbocycles. The number of benzene rings is 1. The van der Waals surface area contributed by atoms with Gasteiger partial charge in [-0.2, -0.15) is 0 Å². The largest absolute Gasteiger partial charge is 0.443 e. The molecule has 5 nitrogen and oxygen atoms in total. The van der Waals surface area contributed by atoms with Crippen LogP contribution in [0.25, 0.3) is 0 Å². The van der Waals surface area contributed by atoms with Gasteiger partial charge in [-0.05, 0) is 18.1 Å². The zero-order chi connectivity index (χ0) is 16.4. The molecule has 0 saturated heterocycles. The first-order chi connectivity index (χ1) is 11.0. The quantitative estimate of drug-likeness (QED) is 0.440. The number of para-hydroxylation sites is 1. The van der Waals surface area contributed by atoms with Crippen LogP contribution in [-0.4, -0.2) is 24.5 Å². The van der Waals surface area contributed by atoms with Crippen LogP contribution in [0.3, 0.4) is 0 Å². The molecule has 0 atom stereocenters. The highest BCUT2D eigenvalue weighted by Gasteiger charge is 2.23. The van der Waals surface area contributed by atoms with Gasteiger partial charge in [0, 0.05) is 24.7 Å². The minimum Gasteiger partial charge on any atom is -0.443 e. The van der Waals surface area contributed by atoms with Crippen LogP contribution in [0.2, 0.25) is 0 Å². The molecule has 0 unspecified atom stereocenters. The highest BCUT2D eigenvalue weighted by molar-refractivity contribution is 14.0. The molecular weight excluding hydrogens is 415 g/mol. The van der Waals surface area contributed by atoms with Gasteiger partial charge in [0.15, 0.2) is 5.96 Å². The number of halogens is 1. The maximum Gasteiger partial charge on any atom is 0.213 e. The molecule has 1 N–H and O–H groups in total. The average Bonchev–Trinajstić information content (AvgIpc) is 3.15. The molecule has 0 aliphatic carbocycles. The maximum absolute atomic E-state index is 5.83. The average molecular weight is 440 g/mol. The van der Waals surface area contributed by atoms with E-state index in [1.807, 2.05) is 6.20 Å². The molecular formula is C18H25IN4O. The van der Waals surface area contributed by atoms with Crippen molar-refractivity contribution in [2.24, 2.45) is 4.99 Å². The Labute approximate surface area is 160 Å². The van der Waals surface area contributed by atoms with Crippen molar-refractivity contribution in [3.63, 3.8) is 0 Å². The molecule has 3 rings (SSSR count). The number of anilines is 1. The Bertz CT molecular complexity index is 718. The molecule has 0 radical (unpaired) electrons. The lowest BCUT2D eigenvalue weighted by Gasteiger charge is -2.21. The van der Waals surface area contributed by atoms with Gasteiger partial charge in [-0.3, -0.25) is 4.99 Å². The molecule has 6 heteroatoms. The maximum atomic E-state index is 5.83. The van der Waals surface area contributed by atoms with E-state index in [-0.39, 0.29) is 29.4 Å². The number of nitrogens with one attached hydrogen (secondary N) is 1. The smallest absolute Gasteiger partial charge is 0.213 e. The number of hydrogen-bond acceptors (Lipinski definition) is 3. The van der Waals surface area contributed by atoms with E-state index in [0.717, 1.165) is 24.7 Å². The van der Waals surface area contributed by atoms with Crippen LogP contribution in [-0.2, 0) is 18.4 Å². The van der Waals surface area contributed by atoms with Gasteiger partial charge in [0.25, 0.3) is 0 Å². The van der Waals surface area contributed by atoms with Crippen molar-refractivity contribution < 1.29 is 4.42 Å². The van der Waals surface area contributed by atoms with Crippen molar-refractivity contribution in [1.82, 2.24) is 10.3 Å². The number of guanidine groups is 1. The molecule has 0 spiro atoms. The van der Waals surface area contributed by atoms with Crippen molar-refractivity contribution in [2.75, 3.05) is 18.5 Å². The van der Waals surface area contributed by atoms with E-state index in [0.29, 0.717) is 12.4 Å². The second-order valence-corrected chi connectivity index (χ2v) is 6.80. The molecule has 0 amide bonds. The monoisotopic (exact) mass is 440 g/mol. The number of aliphatic imine (C=N–C) groups is 1. The zero-order valence-corrected chi connectivity index (χ0v) is 17.0. The van der Waals surface area contributed by atoms with Gasteiger partial charge in [-0.15, -0.1) is 24.0 Å². The van der Waals surface area contributed by atoms with Crippen molar-refractivity contribution in [3.8, 4) is 0 Å². The van der Waals surface area contributed by atoms with Gasteiger partial charge >= 0.3 is 0 Å². The van der Waals surface area contributed by atoms with E-state index in [1.54, 1.807) is 7.05 Å². The third-order valence-corrected chi connectivity index (χ3v) is 4.05. The van der Waals surface area contributed by atoms with E-state index in [4.69, 9.17) is 4.42 Å². The molecule has 130 valence electrons. The molecule has 1 aliphatic heterocycles. The lowest BCUT2D eigenvalue weighted by atomic mass is 9.94. The van der Waals surface area contributed by atoms with Crippen LogP contribution in [0.5, 0.6) is 0 Å². The van der Waals surface area contributed by atoms with Gasteiger partial charge < -0.3 is 14.6 Å². The molecule has 24 heavy (non-hydrogen) atoms. The normalized spacial score (nSPS) is 14.3. The minimum absolute atomic E-state index is 0. The number of rotatable bonds is 2. The number of hydrogen-bond donors (Lipinski definition) is 1. The SMILES string of the molecule is CN=C(NCc1ncc(C(C)(C)C)o1)N1CCc2ccccc21.I. The first kappa shape index (κ1) is 18.8. The summed E-state index contributed by atoms with van der Waals surface area (Å²) in [7, 11) is 1.80. The summed E-state index contributed by atoms with van der Waals surface area (Å²) >= 11 is 0. The molecule has 1 aromatic heterocycles. The zero-order valence-electron chi connectivity index (χ0n) is 14.7. The van der Waals surface area contributed by atoms with Gasteiger partial charge in [-0.25, -0.2) is 4.98 Å². The van der Waals surface area contributed by atoms with Crippen molar-refractivity contribution in [1.29, 1.82) is 0 Å². The van der Waals surface area contributed by atoms with Crippen LogP contribution < -0.4 is 10.2 Å². The Morgan fingerprint density at radius 3 is 2.75 bits per heavy atom. The molecule has 0 fully saturated rings. The third-order valence-electron chi connectivity index (χ3n) is 4.05. The topological polar surface area (TPSA) is 53.7 Å². The van der Waals surface area contributed by atoms with E-state index in [1.165, 1.54) is 11.3 Å². The van der Waals surface area contributed by atoms with Crippen LogP contribution in [0.15, 0.2) is 39.9 Å². The van der Waals surface area contributed by atoms with Gasteiger partial charge in [0.05, 0.1) is 12.7 Å². The van der Waals surface area contributed by atoms with Crippen LogP contribution in [0, 0.1) is 0 Å². The minimum atomic E-state index is -0.0270. The summed E-state index contributed by atoms with van der Waals surface area (Å²) < 4.78 is 5.83. The fourth-order valence-corrected chi connectivity index (χ4v) is 2.75. The highest BCUT2D eigenvalue weighted by Crippen LogP contribution is 2.27. The van der Waals surface area contributed by atoms with E-state index >= 15 is 0 Å². The molecule has 2 aromatic rings. The first-order valence-electron chi connectivity index (χ1n) is 8.00. The number of oxazole rings is 1. The summed E-state index contributed by atoms with van der Waals surface area (Å²) in [5, 5.41) is 3.35. The van der Waals surface area contributed by atoms with Gasteiger partial charge in [0.1, 0.15) is 5.76 Å². The predicted molar refractivity (Wildman–Crippen MR) is 108 cm³/mol. The molecule has 0 saturated carbocycles. The lowest BCUT2D eigenvalue weighted by molar-refractivity contribution is 0.379. The predicted octanol–water partition coefficient (Wildman–Crippen LogP) is 3.73. The van der Waals surface area contributed by atoms with Crippen LogP contribution >= 0.6 is 24.0 Å². The third kappa shape index (κ3) is 3.91. The number of aromatic nitrogens is 1. The van der Waals surface area contributed by atoms with Crippen molar-refractivity contribution >= 4 is 35.6 Å². The number of fused-ring (bicyclic) bond motifs is 1. The standard InChI is InChI=1S/C18H24N4O.HI/c1-18(2,3)15-11-20-16(23-15)12-21-17(19-4)22-10-9-13-7-5-6-8-14(13)22;/h5-8,11H,9-10,12H2,1-4H3,(H,19,21);1H.